The van der Waals surface area contributed by atoms with Gasteiger partial charge < -0.3 is 14.1 Å². The number of oxazole rings is 1. The van der Waals surface area contributed by atoms with Crippen molar-refractivity contribution in [2.24, 2.45) is 5.41 Å². The molecule has 0 amide bonds. The highest BCUT2D eigenvalue weighted by molar-refractivity contribution is 6.16. The number of allylic oxidation sites excluding steroid dienone is 3. The summed E-state index contributed by atoms with van der Waals surface area (Å²) >= 11 is 0. The maximum atomic E-state index is 13.2. The van der Waals surface area contributed by atoms with Gasteiger partial charge in [-0.3, -0.25) is 4.79 Å². The predicted molar refractivity (Wildman–Crippen MR) is 96.9 cm³/mol. The Kier molecular flexibility index (Phi) is 4.78. The van der Waals surface area contributed by atoms with Gasteiger partial charge in [0.15, 0.2) is 12.2 Å². The van der Waals surface area contributed by atoms with Crippen LogP contribution >= 0.6 is 0 Å². The number of carbonyl (C=O) groups excluding carboxylic acids is 2. The molecule has 0 saturated carbocycles. The van der Waals surface area contributed by atoms with E-state index in [0.29, 0.717) is 28.8 Å². The molecule has 0 spiro atoms. The van der Waals surface area contributed by atoms with Crippen LogP contribution in [0.15, 0.2) is 33.9 Å². The fourth-order valence-electron chi connectivity index (χ4n) is 3.85. The molecule has 0 N–H and O–H groups in total. The van der Waals surface area contributed by atoms with Crippen LogP contribution in [0.25, 0.3) is 5.57 Å². The lowest BCUT2D eigenvalue weighted by atomic mass is 9.82. The summed E-state index contributed by atoms with van der Waals surface area (Å²) in [6.45, 7) is 8.22. The first kappa shape index (κ1) is 18.4. The minimum atomic E-state index is -0.410. The lowest BCUT2D eigenvalue weighted by molar-refractivity contribution is -0.139. The van der Waals surface area contributed by atoms with Gasteiger partial charge in [0.2, 0.25) is 0 Å². The zero-order valence-corrected chi connectivity index (χ0v) is 16.1. The maximum Gasteiger partial charge on any atom is 0.336 e. The Hall–Kier alpha value is -2.37. The van der Waals surface area contributed by atoms with Crippen LogP contribution in [0, 0.1) is 5.41 Å². The largest absolute Gasteiger partial charge is 0.463 e. The molecule has 0 radical (unpaired) electrons. The molecule has 6 nitrogen and oxygen atoms in total. The quantitative estimate of drug-likeness (QED) is 0.772. The molecule has 1 unspecified atom stereocenters. The molecule has 1 aliphatic carbocycles. The van der Waals surface area contributed by atoms with E-state index in [0.717, 1.165) is 18.5 Å². The Labute approximate surface area is 153 Å². The number of ketones is 1. The van der Waals surface area contributed by atoms with Crippen molar-refractivity contribution >= 4 is 17.3 Å². The zero-order valence-electron chi connectivity index (χ0n) is 16.1. The van der Waals surface area contributed by atoms with Gasteiger partial charge in [0, 0.05) is 30.3 Å². The number of hydrogen-bond donors (Lipinski definition) is 0. The Balaban J connectivity index is 2.26. The van der Waals surface area contributed by atoms with E-state index in [-0.39, 0.29) is 23.8 Å². The molecule has 2 aliphatic rings. The van der Waals surface area contributed by atoms with Crippen LogP contribution in [0.1, 0.15) is 52.7 Å². The summed E-state index contributed by atoms with van der Waals surface area (Å²) in [6.07, 6.45) is 4.94. The van der Waals surface area contributed by atoms with Crippen molar-refractivity contribution in [3.8, 4) is 0 Å². The van der Waals surface area contributed by atoms with Crippen molar-refractivity contribution in [2.75, 3.05) is 13.7 Å². The number of ether oxygens (including phenoxy) is 1. The van der Waals surface area contributed by atoms with Crippen LogP contribution in [0.4, 0.5) is 0 Å². The molecule has 0 fully saturated rings. The fourth-order valence-corrected chi connectivity index (χ4v) is 3.85. The minimum Gasteiger partial charge on any atom is -0.463 e. The molecule has 6 heteroatoms. The third kappa shape index (κ3) is 3.08. The second kappa shape index (κ2) is 6.74. The van der Waals surface area contributed by atoms with E-state index >= 15 is 0 Å². The van der Waals surface area contributed by atoms with E-state index in [1.807, 2.05) is 18.9 Å². The predicted octanol–water partition coefficient (Wildman–Crippen LogP) is 3.36. The van der Waals surface area contributed by atoms with Crippen molar-refractivity contribution in [1.29, 1.82) is 0 Å². The van der Waals surface area contributed by atoms with Crippen LogP contribution in [0.2, 0.25) is 0 Å². The van der Waals surface area contributed by atoms with E-state index in [4.69, 9.17) is 9.15 Å². The summed E-state index contributed by atoms with van der Waals surface area (Å²) in [5.41, 5.74) is 3.02. The highest BCUT2D eigenvalue weighted by Gasteiger charge is 2.41. The molecule has 2 heterocycles. The van der Waals surface area contributed by atoms with Gasteiger partial charge in [-0.2, -0.15) is 0 Å². The number of carbonyl (C=O) groups is 2. The first-order chi connectivity index (χ1) is 12.3. The third-order valence-corrected chi connectivity index (χ3v) is 5.37. The SMILES string of the molecule is CCOC(=O)C1=C(c2cocn2)C2=C(CCC(C)(C)CC2=O)N(C)C1C. The van der Waals surface area contributed by atoms with Crippen LogP contribution < -0.4 is 0 Å². The van der Waals surface area contributed by atoms with Crippen molar-refractivity contribution in [3.05, 3.63) is 35.2 Å². The van der Waals surface area contributed by atoms with Gasteiger partial charge in [0.25, 0.3) is 0 Å². The van der Waals surface area contributed by atoms with Gasteiger partial charge in [-0.05, 0) is 32.1 Å². The molecule has 3 rings (SSSR count). The van der Waals surface area contributed by atoms with Gasteiger partial charge in [-0.25, -0.2) is 9.78 Å². The second-order valence-corrected chi connectivity index (χ2v) is 7.76. The Bertz CT molecular complexity index is 787. The molecular formula is C20H26N2O4. The second-order valence-electron chi connectivity index (χ2n) is 7.76. The molecule has 0 aromatic carbocycles. The summed E-state index contributed by atoms with van der Waals surface area (Å²) in [5, 5.41) is 0. The third-order valence-electron chi connectivity index (χ3n) is 5.37. The number of likely N-dealkylation sites (N-methyl/N-ethyl adjacent to an activating group) is 1. The van der Waals surface area contributed by atoms with Crippen LogP contribution in [0.5, 0.6) is 0 Å². The zero-order chi connectivity index (χ0) is 19.1. The lowest BCUT2D eigenvalue weighted by Crippen LogP contribution is -2.39. The molecule has 0 saturated heterocycles. The average molecular weight is 358 g/mol. The Morgan fingerprint density at radius 1 is 1.42 bits per heavy atom. The minimum absolute atomic E-state index is 0.0426. The standard InChI is InChI=1S/C20H26N2O4/c1-6-26-19(24)16-12(2)22(5)14-7-8-20(3,4)9-15(23)18(14)17(16)13-10-25-11-21-13/h10-12H,6-9H2,1-5H3. The van der Waals surface area contributed by atoms with Crippen molar-refractivity contribution in [3.63, 3.8) is 0 Å². The van der Waals surface area contributed by atoms with Gasteiger partial charge in [-0.15, -0.1) is 0 Å². The van der Waals surface area contributed by atoms with Gasteiger partial charge >= 0.3 is 5.97 Å². The first-order valence-corrected chi connectivity index (χ1v) is 9.06. The normalized spacial score (nSPS) is 23.0. The first-order valence-electron chi connectivity index (χ1n) is 9.06. The van der Waals surface area contributed by atoms with Crippen LogP contribution in [0.3, 0.4) is 0 Å². The number of esters is 1. The highest BCUT2D eigenvalue weighted by Crippen LogP contribution is 2.45. The van der Waals surface area contributed by atoms with Crippen molar-refractivity contribution < 1.29 is 18.7 Å². The highest BCUT2D eigenvalue weighted by atomic mass is 16.5. The van der Waals surface area contributed by atoms with E-state index in [1.165, 1.54) is 12.7 Å². The van der Waals surface area contributed by atoms with Gasteiger partial charge in [0.1, 0.15) is 12.0 Å². The number of aromatic nitrogens is 1. The fraction of sp³-hybridized carbons (Fsp3) is 0.550. The molecule has 1 aliphatic heterocycles. The molecular weight excluding hydrogens is 332 g/mol. The molecule has 0 bridgehead atoms. The summed E-state index contributed by atoms with van der Waals surface area (Å²) < 4.78 is 10.5. The Morgan fingerprint density at radius 2 is 2.15 bits per heavy atom. The number of nitrogens with zero attached hydrogens (tertiary/aromatic N) is 2. The maximum absolute atomic E-state index is 13.2. The topological polar surface area (TPSA) is 72.6 Å². The monoisotopic (exact) mass is 358 g/mol. The van der Waals surface area contributed by atoms with Gasteiger partial charge in [-0.1, -0.05) is 13.8 Å². The molecule has 1 aromatic heterocycles. The van der Waals surface area contributed by atoms with Crippen molar-refractivity contribution in [2.45, 2.75) is 53.0 Å². The summed E-state index contributed by atoms with van der Waals surface area (Å²) in [6, 6.07) is -0.214. The lowest BCUT2D eigenvalue weighted by Gasteiger charge is -2.37. The molecule has 26 heavy (non-hydrogen) atoms. The molecule has 1 atom stereocenters. The smallest absolute Gasteiger partial charge is 0.336 e. The van der Waals surface area contributed by atoms with Crippen molar-refractivity contribution in [1.82, 2.24) is 9.88 Å². The van der Waals surface area contributed by atoms with E-state index in [9.17, 15) is 9.59 Å². The van der Waals surface area contributed by atoms with Gasteiger partial charge in [0.05, 0.1) is 18.2 Å². The number of Topliss-reactive ketones (excluding diaryl/α,β-unsaturated/α-hetero) is 1. The number of rotatable bonds is 3. The summed E-state index contributed by atoms with van der Waals surface area (Å²) in [5.74, 6) is -0.367. The van der Waals surface area contributed by atoms with Crippen LogP contribution in [-0.4, -0.2) is 41.3 Å². The summed E-state index contributed by atoms with van der Waals surface area (Å²) in [4.78, 5) is 32.3. The number of hydrogen-bond acceptors (Lipinski definition) is 6. The van der Waals surface area contributed by atoms with E-state index < -0.39 is 5.97 Å². The molecule has 1 aromatic rings. The van der Waals surface area contributed by atoms with E-state index in [2.05, 4.69) is 18.8 Å². The Morgan fingerprint density at radius 3 is 2.77 bits per heavy atom. The molecule has 140 valence electrons. The van der Waals surface area contributed by atoms with Crippen LogP contribution in [-0.2, 0) is 14.3 Å². The summed E-state index contributed by atoms with van der Waals surface area (Å²) in [7, 11) is 1.93. The average Bonchev–Trinajstić information content (AvgIpc) is 3.05. The van der Waals surface area contributed by atoms with E-state index in [1.54, 1.807) is 6.92 Å².